The van der Waals surface area contributed by atoms with E-state index in [1.807, 2.05) is 13.0 Å². The normalized spacial score (nSPS) is 15.6. The summed E-state index contributed by atoms with van der Waals surface area (Å²) >= 11 is 1.63. The summed E-state index contributed by atoms with van der Waals surface area (Å²) in [7, 11) is 0. The van der Waals surface area contributed by atoms with Crippen molar-refractivity contribution in [1.29, 1.82) is 0 Å². The van der Waals surface area contributed by atoms with Crippen LogP contribution in [0.1, 0.15) is 58.9 Å². The summed E-state index contributed by atoms with van der Waals surface area (Å²) in [5.74, 6) is -1.08. The van der Waals surface area contributed by atoms with Crippen molar-refractivity contribution in [3.05, 3.63) is 62.7 Å². The lowest BCUT2D eigenvalue weighted by molar-refractivity contribution is -0.140. The van der Waals surface area contributed by atoms with Gasteiger partial charge in [-0.2, -0.15) is 0 Å². The molecule has 0 aliphatic carbocycles. The van der Waals surface area contributed by atoms with Crippen molar-refractivity contribution in [1.82, 2.24) is 4.90 Å². The topological polar surface area (TPSA) is 46.6 Å². The number of carbonyl (C=O) groups is 2. The molecule has 2 aromatic rings. The number of aryl methyl sites for hydroxylation is 2. The molecule has 3 rings (SSSR count). The van der Waals surface area contributed by atoms with Crippen molar-refractivity contribution >= 4 is 28.8 Å². The Hall–Kier alpha value is -2.47. The summed E-state index contributed by atoms with van der Waals surface area (Å²) in [4.78, 5) is 29.8. The first-order chi connectivity index (χ1) is 13.5. The first-order valence-corrected chi connectivity index (χ1v) is 10.4. The maximum absolute atomic E-state index is 13.7. The summed E-state index contributed by atoms with van der Waals surface area (Å²) in [6, 6.07) is 6.28. The van der Waals surface area contributed by atoms with Crippen molar-refractivity contribution in [2.45, 2.75) is 53.1 Å². The quantitative estimate of drug-likeness (QED) is 0.645. The number of benzene rings is 1. The molecule has 0 N–H and O–H groups in total. The zero-order chi connectivity index (χ0) is 21.5. The van der Waals surface area contributed by atoms with Crippen molar-refractivity contribution in [2.24, 2.45) is 0 Å². The van der Waals surface area contributed by atoms with E-state index in [-0.39, 0.29) is 23.2 Å². The first kappa shape index (κ1) is 21.2. The Bertz CT molecular complexity index is 1000. The van der Waals surface area contributed by atoms with Gasteiger partial charge in [0.2, 0.25) is 0 Å². The van der Waals surface area contributed by atoms with Crippen LogP contribution in [-0.4, -0.2) is 29.4 Å². The van der Waals surface area contributed by atoms with Gasteiger partial charge in [-0.25, -0.2) is 9.18 Å². The number of nitrogens with zero attached hydrogens (tertiary/aromatic N) is 1. The van der Waals surface area contributed by atoms with Gasteiger partial charge in [-0.3, -0.25) is 4.79 Å². The summed E-state index contributed by atoms with van der Waals surface area (Å²) in [5.41, 5.74) is 1.61. The largest absolute Gasteiger partial charge is 0.459 e. The van der Waals surface area contributed by atoms with Crippen LogP contribution in [0.3, 0.4) is 0 Å². The second kappa shape index (κ2) is 7.75. The van der Waals surface area contributed by atoms with E-state index in [1.165, 1.54) is 18.2 Å². The minimum Gasteiger partial charge on any atom is -0.459 e. The predicted octanol–water partition coefficient (Wildman–Crippen LogP) is 5.23. The van der Waals surface area contributed by atoms with Gasteiger partial charge in [-0.15, -0.1) is 11.3 Å². The van der Waals surface area contributed by atoms with Crippen LogP contribution in [0.15, 0.2) is 30.5 Å². The van der Waals surface area contributed by atoms with Crippen LogP contribution < -0.4 is 0 Å². The van der Waals surface area contributed by atoms with Gasteiger partial charge in [0.1, 0.15) is 5.82 Å². The minimum absolute atomic E-state index is 0.272. The van der Waals surface area contributed by atoms with E-state index in [0.29, 0.717) is 23.2 Å². The van der Waals surface area contributed by atoms with Gasteiger partial charge >= 0.3 is 5.97 Å². The number of amides is 1. The van der Waals surface area contributed by atoms with E-state index < -0.39 is 5.97 Å². The van der Waals surface area contributed by atoms with Crippen LogP contribution >= 0.6 is 11.3 Å². The highest BCUT2D eigenvalue weighted by molar-refractivity contribution is 7.12. The number of ether oxygens (including phenoxy) is 1. The van der Waals surface area contributed by atoms with Gasteiger partial charge in [0.15, 0.2) is 0 Å². The number of esters is 1. The van der Waals surface area contributed by atoms with Crippen LogP contribution in [0.2, 0.25) is 0 Å². The molecule has 0 atom stereocenters. The lowest BCUT2D eigenvalue weighted by atomic mass is 9.88. The molecule has 1 aromatic heterocycles. The SMILES string of the molecule is Cc1cc2c(s1)C(C)(C)CN(C(=O)c1ccc(F)c(C)c1)C=C2C(=O)OC(C)C. The molecule has 2 heterocycles. The molecule has 29 heavy (non-hydrogen) atoms. The lowest BCUT2D eigenvalue weighted by Crippen LogP contribution is -2.36. The maximum atomic E-state index is 13.7. The van der Waals surface area contributed by atoms with E-state index in [0.717, 1.165) is 15.3 Å². The Morgan fingerprint density at radius 1 is 1.21 bits per heavy atom. The molecule has 1 aliphatic heterocycles. The summed E-state index contributed by atoms with van der Waals surface area (Å²) in [5, 5.41) is 0. The Morgan fingerprint density at radius 3 is 2.52 bits per heavy atom. The summed E-state index contributed by atoms with van der Waals surface area (Å²) in [6.45, 7) is 11.7. The molecule has 0 spiro atoms. The Kier molecular flexibility index (Phi) is 5.68. The number of fused-ring (bicyclic) bond motifs is 1. The minimum atomic E-state index is -0.454. The van der Waals surface area contributed by atoms with Gasteiger partial charge in [0.05, 0.1) is 11.7 Å². The molecule has 0 radical (unpaired) electrons. The molecule has 0 bridgehead atoms. The fraction of sp³-hybridized carbons (Fsp3) is 0.391. The molecular weight excluding hydrogens is 389 g/mol. The van der Waals surface area contributed by atoms with Crippen LogP contribution in [0.4, 0.5) is 4.39 Å². The molecule has 1 aromatic carbocycles. The molecular formula is C23H26FNO3S. The van der Waals surface area contributed by atoms with Crippen molar-refractivity contribution in [3.8, 4) is 0 Å². The summed E-state index contributed by atoms with van der Waals surface area (Å²) in [6.07, 6.45) is 1.32. The standard InChI is InChI=1S/C23H26FNO3S/c1-13(2)28-22(27)18-11-25(21(26)16-7-8-19(24)14(3)9-16)12-23(5,6)20-17(18)10-15(4)29-20/h7-11,13H,12H2,1-6H3. The molecule has 0 saturated heterocycles. The van der Waals surface area contributed by atoms with Gasteiger partial charge in [-0.05, 0) is 57.5 Å². The number of rotatable bonds is 3. The molecule has 154 valence electrons. The molecule has 0 fully saturated rings. The first-order valence-electron chi connectivity index (χ1n) is 9.61. The van der Waals surface area contributed by atoms with E-state index in [4.69, 9.17) is 4.74 Å². The van der Waals surface area contributed by atoms with E-state index in [9.17, 15) is 14.0 Å². The van der Waals surface area contributed by atoms with Crippen LogP contribution in [0.25, 0.3) is 5.57 Å². The molecule has 6 heteroatoms. The lowest BCUT2D eigenvalue weighted by Gasteiger charge is -2.29. The Labute approximate surface area is 175 Å². The van der Waals surface area contributed by atoms with Gasteiger partial charge in [0.25, 0.3) is 5.91 Å². The monoisotopic (exact) mass is 415 g/mol. The van der Waals surface area contributed by atoms with E-state index >= 15 is 0 Å². The third-order valence-corrected chi connectivity index (χ3v) is 6.26. The zero-order valence-corrected chi connectivity index (χ0v) is 18.4. The highest BCUT2D eigenvalue weighted by Gasteiger charge is 2.36. The van der Waals surface area contributed by atoms with Crippen LogP contribution in [0.5, 0.6) is 0 Å². The van der Waals surface area contributed by atoms with Gasteiger partial charge in [0, 0.05) is 39.0 Å². The fourth-order valence-electron chi connectivity index (χ4n) is 3.50. The Morgan fingerprint density at radius 2 is 1.90 bits per heavy atom. The zero-order valence-electron chi connectivity index (χ0n) is 17.6. The molecule has 0 unspecified atom stereocenters. The van der Waals surface area contributed by atoms with Crippen LogP contribution in [-0.2, 0) is 14.9 Å². The number of halogens is 1. The van der Waals surface area contributed by atoms with Crippen molar-refractivity contribution < 1.29 is 18.7 Å². The summed E-state index contributed by atoms with van der Waals surface area (Å²) < 4.78 is 19.1. The van der Waals surface area contributed by atoms with Crippen molar-refractivity contribution in [3.63, 3.8) is 0 Å². The molecule has 0 saturated carbocycles. The fourth-order valence-corrected chi connectivity index (χ4v) is 4.62. The molecule has 1 amide bonds. The smallest absolute Gasteiger partial charge is 0.340 e. The van der Waals surface area contributed by atoms with E-state index in [2.05, 4.69) is 13.8 Å². The van der Waals surface area contributed by atoms with E-state index in [1.54, 1.807) is 43.2 Å². The molecule has 4 nitrogen and oxygen atoms in total. The number of hydrogen-bond acceptors (Lipinski definition) is 4. The second-order valence-corrected chi connectivity index (χ2v) is 9.63. The number of hydrogen-bond donors (Lipinski definition) is 0. The average Bonchev–Trinajstić information content (AvgIpc) is 2.97. The maximum Gasteiger partial charge on any atom is 0.340 e. The Balaban J connectivity index is 2.11. The highest BCUT2D eigenvalue weighted by Crippen LogP contribution is 2.41. The van der Waals surface area contributed by atoms with Crippen LogP contribution in [0, 0.1) is 19.7 Å². The predicted molar refractivity (Wildman–Crippen MR) is 113 cm³/mol. The van der Waals surface area contributed by atoms with Gasteiger partial charge in [-0.1, -0.05) is 13.8 Å². The number of carbonyl (C=O) groups excluding carboxylic acids is 2. The second-order valence-electron chi connectivity index (χ2n) is 8.38. The van der Waals surface area contributed by atoms with Gasteiger partial charge < -0.3 is 9.64 Å². The molecule has 1 aliphatic rings. The average molecular weight is 416 g/mol. The van der Waals surface area contributed by atoms with Crippen molar-refractivity contribution in [2.75, 3.05) is 6.54 Å². The third kappa shape index (κ3) is 4.27. The number of thiophene rings is 1. The highest BCUT2D eigenvalue weighted by atomic mass is 32.1. The third-order valence-electron chi connectivity index (χ3n) is 4.84.